The molecule has 2 aliphatic rings. The van der Waals surface area contributed by atoms with E-state index in [9.17, 15) is 13.6 Å². The first kappa shape index (κ1) is 26.8. The Hall–Kier alpha value is -2.75. The number of hydrogen-bond donors (Lipinski definition) is 0. The van der Waals surface area contributed by atoms with Crippen molar-refractivity contribution in [3.63, 3.8) is 0 Å². The minimum atomic E-state index is -0.644. The molecule has 0 saturated carbocycles. The molecule has 10 heteroatoms. The van der Waals surface area contributed by atoms with Crippen molar-refractivity contribution in [2.75, 3.05) is 44.7 Å². The maximum atomic E-state index is 14.8. The van der Waals surface area contributed by atoms with Crippen LogP contribution in [0.3, 0.4) is 0 Å². The molecule has 1 atom stereocenters. The molecule has 1 unspecified atom stereocenters. The number of likely N-dealkylation sites (N-methyl/N-ethyl adjacent to an activating group) is 1. The van der Waals surface area contributed by atoms with Gasteiger partial charge in [0.2, 0.25) is 0 Å². The molecule has 2 aliphatic heterocycles. The number of benzene rings is 2. The third kappa shape index (κ3) is 5.65. The minimum absolute atomic E-state index is 0.0485. The van der Waals surface area contributed by atoms with Crippen molar-refractivity contribution in [3.8, 4) is 0 Å². The van der Waals surface area contributed by atoms with E-state index in [1.165, 1.54) is 11.8 Å². The predicted octanol–water partition coefficient (Wildman–Crippen LogP) is 5.85. The fourth-order valence-corrected chi connectivity index (χ4v) is 6.02. The van der Waals surface area contributed by atoms with Crippen LogP contribution in [0.15, 0.2) is 52.5 Å². The summed E-state index contributed by atoms with van der Waals surface area (Å²) in [7, 11) is 2.06. The van der Waals surface area contributed by atoms with E-state index in [-0.39, 0.29) is 16.5 Å². The lowest BCUT2D eigenvalue weighted by atomic mass is 10.1. The molecular weight excluding hydrogens is 528 g/mol. The quantitative estimate of drug-likeness (QED) is 0.367. The average Bonchev–Trinajstić information content (AvgIpc) is 3.13. The van der Waals surface area contributed by atoms with Crippen molar-refractivity contribution >= 4 is 35.1 Å². The van der Waals surface area contributed by atoms with E-state index in [4.69, 9.17) is 16.6 Å². The predicted molar refractivity (Wildman–Crippen MR) is 146 cm³/mol. The molecule has 0 N–H and O–H groups in total. The van der Waals surface area contributed by atoms with Crippen LogP contribution in [0.2, 0.25) is 5.02 Å². The number of aromatic nitrogens is 2. The van der Waals surface area contributed by atoms with Gasteiger partial charge in [-0.05, 0) is 69.6 Å². The smallest absolute Gasteiger partial charge is 0.253 e. The van der Waals surface area contributed by atoms with Gasteiger partial charge in [0.25, 0.3) is 5.91 Å². The molecule has 1 aromatic heterocycles. The molecule has 3 aromatic rings. The van der Waals surface area contributed by atoms with Gasteiger partial charge >= 0.3 is 0 Å². The van der Waals surface area contributed by atoms with Crippen molar-refractivity contribution in [3.05, 3.63) is 76.1 Å². The van der Waals surface area contributed by atoms with Crippen LogP contribution in [0.5, 0.6) is 0 Å². The lowest BCUT2D eigenvalue weighted by Gasteiger charge is -2.32. The summed E-state index contributed by atoms with van der Waals surface area (Å²) in [6.07, 6.45) is 4.32. The standard InChI is InChI=1S/C28H30ClF2N5OS/c1-18(25-21(30)10-11-22(31)26(25)29)36-12-4-3-5-23-27(36)33-24(17-32-23)38-20-8-6-19(7-9-20)28(37)35-15-13-34(2)14-16-35/h6-11,17-18H,3-5,12-16H2,1-2H3. The van der Waals surface area contributed by atoms with Crippen LogP contribution in [-0.4, -0.2) is 65.4 Å². The molecule has 1 amide bonds. The highest BCUT2D eigenvalue weighted by molar-refractivity contribution is 7.99. The largest absolute Gasteiger partial charge is 0.348 e. The van der Waals surface area contributed by atoms with E-state index in [2.05, 4.69) is 16.9 Å². The summed E-state index contributed by atoms with van der Waals surface area (Å²) in [5, 5.41) is 0.486. The van der Waals surface area contributed by atoms with Gasteiger partial charge in [-0.2, -0.15) is 0 Å². The number of anilines is 1. The Morgan fingerprint density at radius 1 is 1.00 bits per heavy atom. The number of carbonyl (C=O) groups is 1. The number of carbonyl (C=O) groups excluding carboxylic acids is 1. The summed E-state index contributed by atoms with van der Waals surface area (Å²) in [6.45, 7) is 5.67. The Labute approximate surface area is 231 Å². The Bertz CT molecular complexity index is 1320. The van der Waals surface area contributed by atoms with Crippen molar-refractivity contribution in [2.45, 2.75) is 42.1 Å². The number of amides is 1. The zero-order valence-electron chi connectivity index (χ0n) is 21.5. The highest BCUT2D eigenvalue weighted by Gasteiger charge is 2.28. The van der Waals surface area contributed by atoms with Crippen LogP contribution in [0, 0.1) is 11.6 Å². The number of fused-ring (bicyclic) bond motifs is 1. The third-order valence-corrected chi connectivity index (χ3v) is 8.52. The molecule has 38 heavy (non-hydrogen) atoms. The number of aryl methyl sites for hydroxylation is 1. The summed E-state index contributed by atoms with van der Waals surface area (Å²) in [5.41, 5.74) is 1.63. The van der Waals surface area contributed by atoms with E-state index < -0.39 is 17.7 Å². The molecule has 1 fully saturated rings. The second kappa shape index (κ2) is 11.6. The second-order valence-corrected chi connectivity index (χ2v) is 11.3. The van der Waals surface area contributed by atoms with Crippen molar-refractivity contribution in [1.29, 1.82) is 0 Å². The number of hydrogen-bond acceptors (Lipinski definition) is 6. The van der Waals surface area contributed by atoms with Gasteiger partial charge in [0.05, 0.1) is 23.0 Å². The highest BCUT2D eigenvalue weighted by Crippen LogP contribution is 2.37. The van der Waals surface area contributed by atoms with Crippen molar-refractivity contribution in [2.24, 2.45) is 0 Å². The average molecular weight is 558 g/mol. The number of nitrogens with zero attached hydrogens (tertiary/aromatic N) is 5. The molecule has 3 heterocycles. The molecule has 200 valence electrons. The monoisotopic (exact) mass is 557 g/mol. The van der Waals surface area contributed by atoms with Gasteiger partial charge in [-0.25, -0.2) is 13.8 Å². The Morgan fingerprint density at radius 3 is 2.45 bits per heavy atom. The topological polar surface area (TPSA) is 52.6 Å². The lowest BCUT2D eigenvalue weighted by molar-refractivity contribution is 0.0664. The molecule has 0 radical (unpaired) electrons. The number of piperazine rings is 1. The van der Waals surface area contributed by atoms with E-state index in [1.807, 2.05) is 41.0 Å². The van der Waals surface area contributed by atoms with Gasteiger partial charge in [-0.1, -0.05) is 23.4 Å². The van der Waals surface area contributed by atoms with Crippen LogP contribution >= 0.6 is 23.4 Å². The molecular formula is C28H30ClF2N5OS. The zero-order valence-corrected chi connectivity index (χ0v) is 23.0. The van der Waals surface area contributed by atoms with Gasteiger partial charge in [0.1, 0.15) is 16.7 Å². The lowest BCUT2D eigenvalue weighted by Crippen LogP contribution is -2.47. The molecule has 2 aromatic carbocycles. The summed E-state index contributed by atoms with van der Waals surface area (Å²) in [4.78, 5) is 29.5. The van der Waals surface area contributed by atoms with Crippen LogP contribution < -0.4 is 4.90 Å². The van der Waals surface area contributed by atoms with Crippen LogP contribution in [0.4, 0.5) is 14.6 Å². The zero-order chi connectivity index (χ0) is 26.8. The second-order valence-electron chi connectivity index (χ2n) is 9.78. The number of halogens is 3. The molecule has 5 rings (SSSR count). The van der Waals surface area contributed by atoms with Gasteiger partial charge in [0.15, 0.2) is 5.82 Å². The first-order valence-electron chi connectivity index (χ1n) is 12.8. The van der Waals surface area contributed by atoms with Crippen molar-refractivity contribution in [1.82, 2.24) is 19.8 Å². The summed E-state index contributed by atoms with van der Waals surface area (Å²) in [6, 6.07) is 9.17. The van der Waals surface area contributed by atoms with Gasteiger partial charge < -0.3 is 14.7 Å². The maximum absolute atomic E-state index is 14.8. The Kier molecular flexibility index (Phi) is 8.16. The van der Waals surface area contributed by atoms with E-state index in [0.29, 0.717) is 23.0 Å². The molecule has 6 nitrogen and oxygen atoms in total. The highest BCUT2D eigenvalue weighted by atomic mass is 35.5. The van der Waals surface area contributed by atoms with Crippen LogP contribution in [0.25, 0.3) is 0 Å². The van der Waals surface area contributed by atoms with Crippen molar-refractivity contribution < 1.29 is 13.6 Å². The van der Waals surface area contributed by atoms with Crippen LogP contribution in [0.1, 0.15) is 47.4 Å². The maximum Gasteiger partial charge on any atom is 0.253 e. The molecule has 0 spiro atoms. The van der Waals surface area contributed by atoms with E-state index in [1.54, 1.807) is 6.20 Å². The molecule has 0 aliphatic carbocycles. The van der Waals surface area contributed by atoms with Crippen LogP contribution in [-0.2, 0) is 6.42 Å². The van der Waals surface area contributed by atoms with E-state index >= 15 is 0 Å². The first-order valence-corrected chi connectivity index (χ1v) is 14.0. The SMILES string of the molecule is CC(c1c(F)ccc(F)c1Cl)N1CCCCc2ncc(Sc3ccc(C(=O)N4CCN(C)CC4)cc3)nc21. The van der Waals surface area contributed by atoms with Gasteiger partial charge in [0, 0.05) is 48.7 Å². The Morgan fingerprint density at radius 2 is 1.71 bits per heavy atom. The summed E-state index contributed by atoms with van der Waals surface area (Å²) < 4.78 is 29.0. The minimum Gasteiger partial charge on any atom is -0.348 e. The summed E-state index contributed by atoms with van der Waals surface area (Å²) in [5.74, 6) is -0.469. The Balaban J connectivity index is 1.36. The first-order chi connectivity index (χ1) is 18.3. The number of rotatable bonds is 5. The fraction of sp³-hybridized carbons (Fsp3) is 0.393. The third-order valence-electron chi connectivity index (χ3n) is 7.22. The summed E-state index contributed by atoms with van der Waals surface area (Å²) >= 11 is 7.65. The molecule has 1 saturated heterocycles. The van der Waals surface area contributed by atoms with Gasteiger partial charge in [-0.15, -0.1) is 0 Å². The van der Waals surface area contributed by atoms with E-state index in [0.717, 1.165) is 68.2 Å². The normalized spacial score (nSPS) is 17.2. The molecule has 0 bridgehead atoms. The fourth-order valence-electron chi connectivity index (χ4n) is 4.96. The van der Waals surface area contributed by atoms with Gasteiger partial charge in [-0.3, -0.25) is 9.78 Å².